The van der Waals surface area contributed by atoms with Crippen molar-refractivity contribution in [3.63, 3.8) is 0 Å². The molecule has 11 atom stereocenters. The number of nitrogens with zero attached hydrogens (tertiary/aromatic N) is 1. The van der Waals surface area contributed by atoms with Gasteiger partial charge in [-0.2, -0.15) is 0 Å². The molecule has 0 saturated heterocycles. The number of anilines is 1. The molecule has 1 aromatic heterocycles. The van der Waals surface area contributed by atoms with Crippen LogP contribution in [0.3, 0.4) is 0 Å². The molecule has 9 unspecified atom stereocenters. The van der Waals surface area contributed by atoms with Gasteiger partial charge in [0.25, 0.3) is 0 Å². The van der Waals surface area contributed by atoms with Crippen LogP contribution in [0.25, 0.3) is 10.9 Å². The summed E-state index contributed by atoms with van der Waals surface area (Å²) in [7, 11) is 1.36. The van der Waals surface area contributed by atoms with E-state index in [0.717, 1.165) is 30.2 Å². The lowest BCUT2D eigenvalue weighted by molar-refractivity contribution is -0.211. The van der Waals surface area contributed by atoms with Crippen LogP contribution in [-0.4, -0.2) is 62.3 Å². The van der Waals surface area contributed by atoms with Gasteiger partial charge in [0.05, 0.1) is 36.2 Å². The summed E-state index contributed by atoms with van der Waals surface area (Å²) in [6, 6.07) is 15.6. The zero-order valence-corrected chi connectivity index (χ0v) is 32.3. The van der Waals surface area contributed by atoms with Gasteiger partial charge in [-0.15, -0.1) is 0 Å². The summed E-state index contributed by atoms with van der Waals surface area (Å²) in [5, 5.41) is 49.4. The minimum absolute atomic E-state index is 0.0465. The first-order valence-electron chi connectivity index (χ1n) is 19.8. The van der Waals surface area contributed by atoms with E-state index in [1.807, 2.05) is 48.5 Å². The van der Waals surface area contributed by atoms with E-state index in [1.165, 1.54) is 7.11 Å². The molecule has 0 bridgehead atoms. The minimum Gasteiger partial charge on any atom is -0.481 e. The fourth-order valence-electron chi connectivity index (χ4n) is 11.8. The molecule has 4 aliphatic rings. The maximum Gasteiger partial charge on any atom is 0.341 e. The number of aromatic nitrogens is 1. The van der Waals surface area contributed by atoms with E-state index in [-0.39, 0.29) is 52.8 Å². The van der Waals surface area contributed by atoms with Crippen molar-refractivity contribution < 1.29 is 34.8 Å². The summed E-state index contributed by atoms with van der Waals surface area (Å²) >= 11 is 0. The molecule has 9 nitrogen and oxygen atoms in total. The number of aliphatic hydroxyl groups is 3. The number of rotatable bonds is 8. The van der Waals surface area contributed by atoms with Crippen LogP contribution in [0.5, 0.6) is 0 Å². The van der Waals surface area contributed by atoms with Crippen LogP contribution in [0.2, 0.25) is 0 Å². The first-order valence-corrected chi connectivity index (χ1v) is 19.8. The third kappa shape index (κ3) is 6.69. The Hall–Kier alpha value is -3.97. The molecule has 4 fully saturated rings. The van der Waals surface area contributed by atoms with Gasteiger partial charge in [-0.05, 0) is 128 Å². The first-order chi connectivity index (χ1) is 25.7. The van der Waals surface area contributed by atoms with Crippen molar-refractivity contribution in [2.24, 2.45) is 46.3 Å². The van der Waals surface area contributed by atoms with Crippen LogP contribution < -0.4 is 5.32 Å². The normalized spacial score (nSPS) is 34.8. The number of carboxylic acid groups (broad SMARTS) is 1. The van der Waals surface area contributed by atoms with E-state index in [1.54, 1.807) is 6.92 Å². The predicted octanol–water partition coefficient (Wildman–Crippen LogP) is 7.13. The standard InChI is InChI=1S/C45H56N2O7/c1-26(11-16-38(50)51)32-13-14-33-40-34(23-37(49)44(32,33)4)43(3)19-20-45(53,24-30(43)22-36(40)48)18-17-28-12-15-35-31(21-28)41(39(27(2)47-35)42(52)54-5)46-25-29-9-7-6-8-10-29/h6-10,12,15,21,26,30,32-34,36-37,40,48-49,53H,11,13-14,16,19-20,22-25H2,1-5H3,(H,46,47)(H,50,51)/t26?,30?,32-,33?,34?,36?,37?,40?,43?,44?,45-/m1/s1. The Morgan fingerprint density at radius 2 is 1.81 bits per heavy atom. The van der Waals surface area contributed by atoms with E-state index < -0.39 is 29.7 Å². The molecule has 5 N–H and O–H groups in total. The SMILES string of the molecule is COC(=O)c1c(C)nc2ccc(C#C[C@@]3(O)CCC4(C)C(CC(O)C5C4CC(O)C4(C)C5CC[C@@H]4C(C)CCC(=O)O)C3)cc2c1NCc1ccccc1. The average Bonchev–Trinajstić information content (AvgIpc) is 3.51. The van der Waals surface area contributed by atoms with Gasteiger partial charge in [-0.25, -0.2) is 4.79 Å². The van der Waals surface area contributed by atoms with Crippen molar-refractivity contribution in [3.05, 3.63) is 70.9 Å². The highest BCUT2D eigenvalue weighted by Gasteiger charge is 2.66. The van der Waals surface area contributed by atoms with E-state index in [0.29, 0.717) is 66.7 Å². The number of aliphatic carboxylic acids is 1. The van der Waals surface area contributed by atoms with E-state index in [4.69, 9.17) is 9.72 Å². The quantitative estimate of drug-likeness (QED) is 0.120. The molecule has 7 rings (SSSR count). The molecule has 4 aliphatic carbocycles. The molecule has 9 heteroatoms. The maximum atomic E-state index is 13.0. The largest absolute Gasteiger partial charge is 0.481 e. The fraction of sp³-hybridized carbons (Fsp3) is 0.578. The van der Waals surface area contributed by atoms with Crippen LogP contribution in [0, 0.1) is 65.1 Å². The van der Waals surface area contributed by atoms with Gasteiger partial charge >= 0.3 is 11.9 Å². The number of nitrogens with one attached hydrogen (secondary N) is 1. The Kier molecular flexibility index (Phi) is 10.4. The molecule has 3 aromatic rings. The second kappa shape index (κ2) is 14.6. The number of carboxylic acids is 1. The molecule has 1 heterocycles. The van der Waals surface area contributed by atoms with Crippen molar-refractivity contribution in [1.82, 2.24) is 4.98 Å². The summed E-state index contributed by atoms with van der Waals surface area (Å²) in [5.41, 5.74) is 2.30. The number of ether oxygens (including phenoxy) is 1. The molecular formula is C45H56N2O7. The van der Waals surface area contributed by atoms with Gasteiger partial charge in [-0.3, -0.25) is 9.78 Å². The van der Waals surface area contributed by atoms with Crippen LogP contribution >= 0.6 is 0 Å². The topological polar surface area (TPSA) is 149 Å². The number of aryl methyl sites for hydroxylation is 1. The third-order valence-corrected chi connectivity index (χ3v) is 14.7. The van der Waals surface area contributed by atoms with Gasteiger partial charge in [-0.1, -0.05) is 62.9 Å². The number of carbonyl (C=O) groups excluding carboxylic acids is 1. The summed E-state index contributed by atoms with van der Waals surface area (Å²) in [5.74, 6) is 6.09. The number of pyridine rings is 1. The van der Waals surface area contributed by atoms with Crippen molar-refractivity contribution in [2.45, 2.75) is 110 Å². The molecular weight excluding hydrogens is 681 g/mol. The monoisotopic (exact) mass is 736 g/mol. The highest BCUT2D eigenvalue weighted by Crippen LogP contribution is 2.69. The summed E-state index contributed by atoms with van der Waals surface area (Å²) in [6.07, 6.45) is 4.49. The molecule has 288 valence electrons. The molecule has 0 spiro atoms. The van der Waals surface area contributed by atoms with E-state index in [9.17, 15) is 30.0 Å². The third-order valence-electron chi connectivity index (χ3n) is 14.7. The number of methoxy groups -OCH3 is 1. The Balaban J connectivity index is 1.13. The lowest BCUT2D eigenvalue weighted by atomic mass is 9.42. The highest BCUT2D eigenvalue weighted by atomic mass is 16.5. The highest BCUT2D eigenvalue weighted by molar-refractivity contribution is 6.06. The zero-order chi connectivity index (χ0) is 38.6. The second-order valence-electron chi connectivity index (χ2n) is 17.5. The van der Waals surface area contributed by atoms with Gasteiger partial charge in [0.1, 0.15) is 11.2 Å². The number of fused-ring (bicyclic) bond motifs is 6. The predicted molar refractivity (Wildman–Crippen MR) is 207 cm³/mol. The van der Waals surface area contributed by atoms with Crippen molar-refractivity contribution in [3.8, 4) is 11.8 Å². The lowest BCUT2D eigenvalue weighted by Gasteiger charge is -2.64. The maximum absolute atomic E-state index is 13.0. The molecule has 2 aromatic carbocycles. The van der Waals surface area contributed by atoms with Crippen molar-refractivity contribution in [1.29, 1.82) is 0 Å². The van der Waals surface area contributed by atoms with Crippen LogP contribution in [0.1, 0.15) is 106 Å². The second-order valence-corrected chi connectivity index (χ2v) is 17.5. The molecule has 0 amide bonds. The number of benzene rings is 2. The number of esters is 1. The Morgan fingerprint density at radius 1 is 1.06 bits per heavy atom. The number of aliphatic hydroxyl groups excluding tert-OH is 2. The van der Waals surface area contributed by atoms with Gasteiger partial charge in [0.2, 0.25) is 0 Å². The Bertz CT molecular complexity index is 1970. The summed E-state index contributed by atoms with van der Waals surface area (Å²) in [6.45, 7) is 8.94. The summed E-state index contributed by atoms with van der Waals surface area (Å²) < 4.78 is 5.15. The molecule has 0 radical (unpaired) electrons. The molecule has 4 saturated carbocycles. The summed E-state index contributed by atoms with van der Waals surface area (Å²) in [4.78, 5) is 29.0. The number of carbonyl (C=O) groups is 2. The van der Waals surface area contributed by atoms with E-state index in [2.05, 4.69) is 37.9 Å². The van der Waals surface area contributed by atoms with Crippen LogP contribution in [-0.2, 0) is 16.1 Å². The number of hydrogen-bond acceptors (Lipinski definition) is 8. The Morgan fingerprint density at radius 3 is 2.54 bits per heavy atom. The van der Waals surface area contributed by atoms with Gasteiger partial charge < -0.3 is 30.5 Å². The van der Waals surface area contributed by atoms with Crippen LogP contribution in [0.4, 0.5) is 5.69 Å². The molecule has 54 heavy (non-hydrogen) atoms. The zero-order valence-electron chi connectivity index (χ0n) is 32.3. The average molecular weight is 737 g/mol. The fourth-order valence-corrected chi connectivity index (χ4v) is 11.8. The Labute approximate surface area is 318 Å². The molecule has 0 aliphatic heterocycles. The van der Waals surface area contributed by atoms with Gasteiger partial charge in [0.15, 0.2) is 0 Å². The lowest BCUT2D eigenvalue weighted by Crippen LogP contribution is -2.63. The minimum atomic E-state index is -1.23. The van der Waals surface area contributed by atoms with Crippen LogP contribution in [0.15, 0.2) is 48.5 Å². The smallest absolute Gasteiger partial charge is 0.341 e. The number of hydrogen-bond donors (Lipinski definition) is 5. The first kappa shape index (κ1) is 38.3. The van der Waals surface area contributed by atoms with Gasteiger partial charge in [0, 0.05) is 23.9 Å². The van der Waals surface area contributed by atoms with Crippen molar-refractivity contribution >= 4 is 28.5 Å². The van der Waals surface area contributed by atoms with Crippen molar-refractivity contribution in [2.75, 3.05) is 12.4 Å². The van der Waals surface area contributed by atoms with E-state index >= 15 is 0 Å².